The maximum Gasteiger partial charge on any atom is 0.263 e. The fourth-order valence-corrected chi connectivity index (χ4v) is 3.43. The van der Waals surface area contributed by atoms with Gasteiger partial charge in [0.2, 0.25) is 0 Å². The molecule has 124 valence electrons. The van der Waals surface area contributed by atoms with Gasteiger partial charge >= 0.3 is 0 Å². The van der Waals surface area contributed by atoms with Gasteiger partial charge in [0.25, 0.3) is 5.91 Å². The SMILES string of the molecule is Cc1ccc(OCCN(C)C(=O)c2cc3c(F)cccc3s2)cc1. The average Bonchev–Trinajstić information content (AvgIpc) is 3.01. The summed E-state index contributed by atoms with van der Waals surface area (Å²) in [4.78, 5) is 14.6. The Morgan fingerprint density at radius 3 is 2.67 bits per heavy atom. The van der Waals surface area contributed by atoms with E-state index in [1.165, 1.54) is 23.0 Å². The van der Waals surface area contributed by atoms with E-state index in [1.807, 2.05) is 37.3 Å². The van der Waals surface area contributed by atoms with Crippen LogP contribution >= 0.6 is 11.3 Å². The van der Waals surface area contributed by atoms with Crippen molar-refractivity contribution in [3.63, 3.8) is 0 Å². The molecule has 3 rings (SSSR count). The van der Waals surface area contributed by atoms with Crippen LogP contribution in [-0.2, 0) is 0 Å². The van der Waals surface area contributed by atoms with Gasteiger partial charge in [0.15, 0.2) is 0 Å². The molecule has 0 bridgehead atoms. The number of amides is 1. The first kappa shape index (κ1) is 16.5. The molecule has 0 spiro atoms. The molecular formula is C19H18FNO2S. The molecule has 0 saturated carbocycles. The van der Waals surface area contributed by atoms with E-state index >= 15 is 0 Å². The number of benzene rings is 2. The zero-order valence-electron chi connectivity index (χ0n) is 13.6. The lowest BCUT2D eigenvalue weighted by atomic mass is 10.2. The number of carbonyl (C=O) groups excluding carboxylic acids is 1. The topological polar surface area (TPSA) is 29.5 Å². The molecule has 0 aliphatic carbocycles. The van der Waals surface area contributed by atoms with E-state index < -0.39 is 0 Å². The molecule has 0 N–H and O–H groups in total. The first-order valence-electron chi connectivity index (χ1n) is 7.67. The van der Waals surface area contributed by atoms with Crippen LogP contribution in [0.25, 0.3) is 10.1 Å². The van der Waals surface area contributed by atoms with Gasteiger partial charge in [0, 0.05) is 17.1 Å². The normalized spacial score (nSPS) is 10.8. The number of likely N-dealkylation sites (N-methyl/N-ethyl adjacent to an activating group) is 1. The van der Waals surface area contributed by atoms with E-state index in [4.69, 9.17) is 4.74 Å². The Morgan fingerprint density at radius 2 is 1.96 bits per heavy atom. The highest BCUT2D eigenvalue weighted by atomic mass is 32.1. The van der Waals surface area contributed by atoms with Crippen molar-refractivity contribution in [3.8, 4) is 5.75 Å². The van der Waals surface area contributed by atoms with Gasteiger partial charge in [-0.05, 0) is 37.3 Å². The largest absolute Gasteiger partial charge is 0.492 e. The van der Waals surface area contributed by atoms with Crippen LogP contribution in [0.5, 0.6) is 5.75 Å². The summed E-state index contributed by atoms with van der Waals surface area (Å²) in [5.74, 6) is 0.363. The number of aryl methyl sites for hydroxylation is 1. The van der Waals surface area contributed by atoms with Gasteiger partial charge in [-0.25, -0.2) is 4.39 Å². The van der Waals surface area contributed by atoms with Crippen LogP contribution in [0.4, 0.5) is 4.39 Å². The van der Waals surface area contributed by atoms with Crippen molar-refractivity contribution in [2.24, 2.45) is 0 Å². The van der Waals surface area contributed by atoms with E-state index in [0.29, 0.717) is 23.4 Å². The summed E-state index contributed by atoms with van der Waals surface area (Å²) >= 11 is 1.31. The molecule has 2 aromatic carbocycles. The summed E-state index contributed by atoms with van der Waals surface area (Å²) in [6.45, 7) is 2.89. The smallest absolute Gasteiger partial charge is 0.263 e. The maximum absolute atomic E-state index is 13.7. The lowest BCUT2D eigenvalue weighted by molar-refractivity contribution is 0.0778. The average molecular weight is 343 g/mol. The standard InChI is InChI=1S/C19H18FNO2S/c1-13-6-8-14(9-7-13)23-11-10-21(2)19(22)18-12-15-16(20)4-3-5-17(15)24-18/h3-9,12H,10-11H2,1-2H3. The van der Waals surface area contributed by atoms with E-state index in [-0.39, 0.29) is 11.7 Å². The predicted octanol–water partition coefficient (Wildman–Crippen LogP) is 4.50. The third-order valence-electron chi connectivity index (χ3n) is 3.78. The Labute approximate surface area is 144 Å². The van der Waals surface area contributed by atoms with Crippen molar-refractivity contribution in [2.45, 2.75) is 6.92 Å². The van der Waals surface area contributed by atoms with Crippen LogP contribution in [0.15, 0.2) is 48.5 Å². The second kappa shape index (κ2) is 7.01. The molecule has 3 nitrogen and oxygen atoms in total. The number of thiophene rings is 1. The number of nitrogens with zero attached hydrogens (tertiary/aromatic N) is 1. The van der Waals surface area contributed by atoms with Gasteiger partial charge in [-0.3, -0.25) is 4.79 Å². The quantitative estimate of drug-likeness (QED) is 0.683. The Balaban J connectivity index is 1.61. The van der Waals surface area contributed by atoms with Gasteiger partial charge in [0.1, 0.15) is 18.2 Å². The molecule has 1 amide bonds. The van der Waals surface area contributed by atoms with Crippen molar-refractivity contribution in [1.29, 1.82) is 0 Å². The van der Waals surface area contributed by atoms with E-state index in [1.54, 1.807) is 24.1 Å². The fraction of sp³-hybridized carbons (Fsp3) is 0.211. The number of hydrogen-bond acceptors (Lipinski definition) is 3. The van der Waals surface area contributed by atoms with Gasteiger partial charge < -0.3 is 9.64 Å². The van der Waals surface area contributed by atoms with Crippen molar-refractivity contribution < 1.29 is 13.9 Å². The van der Waals surface area contributed by atoms with Crippen LogP contribution in [0.3, 0.4) is 0 Å². The lowest BCUT2D eigenvalue weighted by Gasteiger charge is -2.16. The summed E-state index contributed by atoms with van der Waals surface area (Å²) in [6.07, 6.45) is 0. The third-order valence-corrected chi connectivity index (χ3v) is 4.87. The zero-order chi connectivity index (χ0) is 17.1. The van der Waals surface area contributed by atoms with E-state index in [0.717, 1.165) is 10.4 Å². The van der Waals surface area contributed by atoms with Crippen molar-refractivity contribution in [1.82, 2.24) is 4.90 Å². The molecule has 0 atom stereocenters. The van der Waals surface area contributed by atoms with E-state index in [2.05, 4.69) is 0 Å². The summed E-state index contributed by atoms with van der Waals surface area (Å²) < 4.78 is 20.2. The van der Waals surface area contributed by atoms with Crippen LogP contribution in [0.2, 0.25) is 0 Å². The molecule has 0 radical (unpaired) electrons. The molecule has 3 aromatic rings. The first-order valence-corrected chi connectivity index (χ1v) is 8.49. The highest BCUT2D eigenvalue weighted by Gasteiger charge is 2.16. The van der Waals surface area contributed by atoms with Gasteiger partial charge in [-0.15, -0.1) is 11.3 Å². The summed E-state index contributed by atoms with van der Waals surface area (Å²) in [5.41, 5.74) is 1.17. The Kier molecular flexibility index (Phi) is 4.81. The van der Waals surface area contributed by atoms with Gasteiger partial charge in [-0.1, -0.05) is 23.8 Å². The number of carbonyl (C=O) groups is 1. The molecule has 24 heavy (non-hydrogen) atoms. The second-order valence-electron chi connectivity index (χ2n) is 5.65. The van der Waals surface area contributed by atoms with Crippen LogP contribution in [0, 0.1) is 12.7 Å². The highest BCUT2D eigenvalue weighted by molar-refractivity contribution is 7.20. The number of hydrogen-bond donors (Lipinski definition) is 0. The minimum Gasteiger partial charge on any atom is -0.492 e. The molecular weight excluding hydrogens is 325 g/mol. The van der Waals surface area contributed by atoms with Gasteiger partial charge in [-0.2, -0.15) is 0 Å². The van der Waals surface area contributed by atoms with Crippen LogP contribution < -0.4 is 4.74 Å². The molecule has 5 heteroatoms. The number of ether oxygens (including phenoxy) is 1. The lowest BCUT2D eigenvalue weighted by Crippen LogP contribution is -2.30. The van der Waals surface area contributed by atoms with Crippen LogP contribution in [-0.4, -0.2) is 31.0 Å². The first-order chi connectivity index (χ1) is 11.5. The summed E-state index contributed by atoms with van der Waals surface area (Å²) in [7, 11) is 1.72. The fourth-order valence-electron chi connectivity index (χ4n) is 2.36. The monoisotopic (exact) mass is 343 g/mol. The molecule has 0 aliphatic rings. The molecule has 1 heterocycles. The highest BCUT2D eigenvalue weighted by Crippen LogP contribution is 2.28. The molecule has 1 aromatic heterocycles. The molecule has 0 aliphatic heterocycles. The zero-order valence-corrected chi connectivity index (χ0v) is 14.4. The van der Waals surface area contributed by atoms with E-state index in [9.17, 15) is 9.18 Å². The van der Waals surface area contributed by atoms with Crippen LogP contribution in [0.1, 0.15) is 15.2 Å². The second-order valence-corrected chi connectivity index (χ2v) is 6.73. The summed E-state index contributed by atoms with van der Waals surface area (Å²) in [6, 6.07) is 14.3. The van der Waals surface area contributed by atoms with Crippen molar-refractivity contribution in [2.75, 3.05) is 20.2 Å². The summed E-state index contributed by atoms with van der Waals surface area (Å²) in [5, 5.41) is 0.496. The minimum absolute atomic E-state index is 0.122. The third kappa shape index (κ3) is 3.57. The van der Waals surface area contributed by atoms with Crippen molar-refractivity contribution >= 4 is 27.3 Å². The van der Waals surface area contributed by atoms with Crippen molar-refractivity contribution in [3.05, 3.63) is 64.8 Å². The number of rotatable bonds is 5. The molecule has 0 saturated heterocycles. The minimum atomic E-state index is -0.298. The predicted molar refractivity (Wildman–Crippen MR) is 95.4 cm³/mol. The Hall–Kier alpha value is -2.40. The Bertz CT molecular complexity index is 857. The van der Waals surface area contributed by atoms with Gasteiger partial charge in [0.05, 0.1) is 11.4 Å². The maximum atomic E-state index is 13.7. The molecule has 0 unspecified atom stereocenters. The Morgan fingerprint density at radius 1 is 1.21 bits per heavy atom. The molecule has 0 fully saturated rings. The number of halogens is 1. The number of fused-ring (bicyclic) bond motifs is 1.